The first kappa shape index (κ1) is 12.2. The molecule has 1 rings (SSSR count). The van der Waals surface area contributed by atoms with Gasteiger partial charge in [-0.1, -0.05) is 18.1 Å². The second-order valence-corrected chi connectivity index (χ2v) is 3.83. The summed E-state index contributed by atoms with van der Waals surface area (Å²) in [6, 6.07) is 0. The number of allylic oxidation sites excluding steroid dienone is 4. The van der Waals surface area contributed by atoms with Crippen LogP contribution in [-0.4, -0.2) is 0 Å². The van der Waals surface area contributed by atoms with Gasteiger partial charge in [0.25, 0.3) is 0 Å². The summed E-state index contributed by atoms with van der Waals surface area (Å²) in [5.74, 6) is 0. The Balaban J connectivity index is 0.00000121. The van der Waals surface area contributed by atoms with Crippen molar-refractivity contribution in [1.29, 1.82) is 0 Å². The van der Waals surface area contributed by atoms with Crippen LogP contribution in [0.4, 0.5) is 0 Å². The van der Waals surface area contributed by atoms with Crippen molar-refractivity contribution in [2.24, 2.45) is 5.41 Å². The smallest absolute Gasteiger partial charge is 0.00987 e. The molecular formula is C11H17W. The Morgan fingerprint density at radius 3 is 1.25 bits per heavy atom. The molecule has 0 amide bonds. The summed E-state index contributed by atoms with van der Waals surface area (Å²) in [7, 11) is 0. The van der Waals surface area contributed by atoms with E-state index in [1.807, 2.05) is 0 Å². The van der Waals surface area contributed by atoms with Crippen molar-refractivity contribution < 1.29 is 21.1 Å². The van der Waals surface area contributed by atoms with Crippen LogP contribution in [0.15, 0.2) is 22.3 Å². The van der Waals surface area contributed by atoms with Gasteiger partial charge in [0.15, 0.2) is 0 Å². The molecule has 0 aliphatic heterocycles. The summed E-state index contributed by atoms with van der Waals surface area (Å²) in [5, 5.41) is 0. The molecule has 0 atom stereocenters. The molecule has 0 N–H and O–H groups in total. The van der Waals surface area contributed by atoms with E-state index >= 15 is 0 Å². The van der Waals surface area contributed by atoms with Crippen LogP contribution in [0.5, 0.6) is 0 Å². The second-order valence-electron chi connectivity index (χ2n) is 3.83. The largest absolute Gasteiger partial charge is 0.0601 e. The zero-order chi connectivity index (χ0) is 8.81. The van der Waals surface area contributed by atoms with Crippen molar-refractivity contribution in [3.63, 3.8) is 0 Å². The third-order valence-corrected chi connectivity index (χ3v) is 3.34. The number of hydrogen-bond donors (Lipinski definition) is 0. The Morgan fingerprint density at radius 2 is 1.17 bits per heavy atom. The molecule has 1 radical (unpaired) electrons. The van der Waals surface area contributed by atoms with Gasteiger partial charge in [-0.25, -0.2) is 0 Å². The van der Waals surface area contributed by atoms with Crippen molar-refractivity contribution in [3.8, 4) is 0 Å². The van der Waals surface area contributed by atoms with Gasteiger partial charge in [0.1, 0.15) is 0 Å². The van der Waals surface area contributed by atoms with Gasteiger partial charge in [0, 0.05) is 26.5 Å². The minimum atomic E-state index is 0. The SMILES string of the molecule is [CH2]C1(C)C(C)=C(C)C(C)=C1C.[W]. The maximum atomic E-state index is 4.22. The van der Waals surface area contributed by atoms with Gasteiger partial charge < -0.3 is 0 Å². The van der Waals surface area contributed by atoms with Crippen molar-refractivity contribution in [2.75, 3.05) is 0 Å². The average Bonchev–Trinajstić information content (AvgIpc) is 2.06. The molecule has 0 aromatic carbocycles. The summed E-state index contributed by atoms with van der Waals surface area (Å²) in [6.45, 7) is 15.1. The Morgan fingerprint density at radius 1 is 0.917 bits per heavy atom. The summed E-state index contributed by atoms with van der Waals surface area (Å²) < 4.78 is 0. The minimum absolute atomic E-state index is 0. The zero-order valence-corrected chi connectivity index (χ0v) is 11.5. The third-order valence-electron chi connectivity index (χ3n) is 3.34. The summed E-state index contributed by atoms with van der Waals surface area (Å²) in [5.41, 5.74) is 5.77. The van der Waals surface area contributed by atoms with Crippen molar-refractivity contribution >= 4 is 0 Å². The Kier molecular flexibility index (Phi) is 3.55. The van der Waals surface area contributed by atoms with Gasteiger partial charge in [-0.05, 0) is 45.8 Å². The molecule has 1 heteroatoms. The molecule has 12 heavy (non-hydrogen) atoms. The van der Waals surface area contributed by atoms with Crippen LogP contribution >= 0.6 is 0 Å². The average molecular weight is 333 g/mol. The van der Waals surface area contributed by atoms with Crippen LogP contribution in [0.1, 0.15) is 34.6 Å². The molecule has 0 spiro atoms. The maximum absolute atomic E-state index is 4.22. The Bertz CT molecular complexity index is 228. The van der Waals surface area contributed by atoms with E-state index in [9.17, 15) is 0 Å². The summed E-state index contributed by atoms with van der Waals surface area (Å²) in [4.78, 5) is 0. The Labute approximate surface area is 90.4 Å². The van der Waals surface area contributed by atoms with Gasteiger partial charge in [-0.3, -0.25) is 0 Å². The van der Waals surface area contributed by atoms with E-state index in [-0.39, 0.29) is 26.5 Å². The predicted molar refractivity (Wildman–Crippen MR) is 50.2 cm³/mol. The van der Waals surface area contributed by atoms with Gasteiger partial charge in [-0.15, -0.1) is 0 Å². The molecule has 0 heterocycles. The second kappa shape index (κ2) is 3.50. The maximum Gasteiger partial charge on any atom is 0.00987 e. The summed E-state index contributed by atoms with van der Waals surface area (Å²) >= 11 is 0. The molecule has 67 valence electrons. The molecule has 0 fully saturated rings. The fraction of sp³-hybridized carbons (Fsp3) is 0.545. The Hall–Kier alpha value is 0.168. The molecule has 0 bridgehead atoms. The van der Waals surface area contributed by atoms with Crippen LogP contribution in [0, 0.1) is 12.3 Å². The fourth-order valence-electron chi connectivity index (χ4n) is 1.67. The van der Waals surface area contributed by atoms with Crippen molar-refractivity contribution in [1.82, 2.24) is 0 Å². The van der Waals surface area contributed by atoms with Crippen LogP contribution in [0.3, 0.4) is 0 Å². The van der Waals surface area contributed by atoms with E-state index in [0.717, 1.165) is 0 Å². The van der Waals surface area contributed by atoms with Crippen LogP contribution in [0.2, 0.25) is 0 Å². The fourth-order valence-corrected chi connectivity index (χ4v) is 1.67. The van der Waals surface area contributed by atoms with E-state index in [1.54, 1.807) is 0 Å². The van der Waals surface area contributed by atoms with E-state index < -0.39 is 0 Å². The first-order valence-electron chi connectivity index (χ1n) is 4.10. The van der Waals surface area contributed by atoms with Gasteiger partial charge >= 0.3 is 0 Å². The van der Waals surface area contributed by atoms with Crippen molar-refractivity contribution in [3.05, 3.63) is 29.2 Å². The molecule has 1 aliphatic rings. The monoisotopic (exact) mass is 333 g/mol. The van der Waals surface area contributed by atoms with Crippen LogP contribution < -0.4 is 0 Å². The standard InChI is InChI=1S/C11H17.W/c1-7-8(2)10(4)11(5,6)9(7)3;/h5H2,1-4,6H3;. The third kappa shape index (κ3) is 1.46. The molecule has 0 aromatic rings. The first-order chi connectivity index (χ1) is 4.89. The molecule has 0 saturated carbocycles. The van der Waals surface area contributed by atoms with Crippen molar-refractivity contribution in [2.45, 2.75) is 34.6 Å². The van der Waals surface area contributed by atoms with Crippen LogP contribution in [-0.2, 0) is 21.1 Å². The predicted octanol–water partition coefficient (Wildman–Crippen LogP) is 3.51. The van der Waals surface area contributed by atoms with Gasteiger partial charge in [0.05, 0.1) is 0 Å². The summed E-state index contributed by atoms with van der Waals surface area (Å²) in [6.07, 6.45) is 0. The van der Waals surface area contributed by atoms with E-state index in [1.165, 1.54) is 22.3 Å². The van der Waals surface area contributed by atoms with E-state index in [2.05, 4.69) is 41.5 Å². The molecule has 0 nitrogen and oxygen atoms in total. The molecule has 0 aromatic heterocycles. The molecular weight excluding hydrogens is 316 g/mol. The molecule has 1 aliphatic carbocycles. The quantitative estimate of drug-likeness (QED) is 0.636. The van der Waals surface area contributed by atoms with Gasteiger partial charge in [0.2, 0.25) is 0 Å². The number of rotatable bonds is 0. The van der Waals surface area contributed by atoms with E-state index in [4.69, 9.17) is 0 Å². The molecule has 0 unspecified atom stereocenters. The van der Waals surface area contributed by atoms with Crippen LogP contribution in [0.25, 0.3) is 0 Å². The number of hydrogen-bond acceptors (Lipinski definition) is 0. The van der Waals surface area contributed by atoms with E-state index in [0.29, 0.717) is 0 Å². The molecule has 0 saturated heterocycles. The zero-order valence-electron chi connectivity index (χ0n) is 8.62. The topological polar surface area (TPSA) is 0 Å². The first-order valence-corrected chi connectivity index (χ1v) is 4.10. The minimum Gasteiger partial charge on any atom is -0.0601 e. The normalized spacial score (nSPS) is 21.5. The van der Waals surface area contributed by atoms with Gasteiger partial charge in [-0.2, -0.15) is 0 Å².